The summed E-state index contributed by atoms with van der Waals surface area (Å²) in [5.41, 5.74) is 14.7. The van der Waals surface area contributed by atoms with Crippen molar-refractivity contribution in [1.82, 2.24) is 14.5 Å². The largest absolute Gasteiger partial charge is 0.494 e. The predicted octanol–water partition coefficient (Wildman–Crippen LogP) is 2.93. The van der Waals surface area contributed by atoms with Crippen LogP contribution in [-0.4, -0.2) is 27.0 Å². The number of rotatable bonds is 8. The van der Waals surface area contributed by atoms with E-state index in [2.05, 4.69) is 9.97 Å². The van der Waals surface area contributed by atoms with E-state index in [1.54, 1.807) is 6.20 Å². The minimum Gasteiger partial charge on any atom is -0.494 e. The number of aromatic nitrogens is 3. The molecule has 31 heavy (non-hydrogen) atoms. The molecule has 0 aliphatic rings. The van der Waals surface area contributed by atoms with Crippen LogP contribution in [0.5, 0.6) is 5.75 Å². The summed E-state index contributed by atoms with van der Waals surface area (Å²) in [6, 6.07) is 17.2. The number of nitrogens with two attached hydrogens (primary N) is 2. The Balaban J connectivity index is 1.60. The Morgan fingerprint density at radius 1 is 1.16 bits per heavy atom. The highest BCUT2D eigenvalue weighted by Crippen LogP contribution is 2.26. The second-order valence-electron chi connectivity index (χ2n) is 7.26. The lowest BCUT2D eigenvalue weighted by Gasteiger charge is -2.07. The van der Waals surface area contributed by atoms with Gasteiger partial charge in [0.2, 0.25) is 0 Å². The van der Waals surface area contributed by atoms with Gasteiger partial charge in [0, 0.05) is 35.8 Å². The topological polar surface area (TPSA) is 136 Å². The molecule has 8 nitrogen and oxygen atoms in total. The van der Waals surface area contributed by atoms with Crippen LogP contribution in [0.15, 0.2) is 65.6 Å². The van der Waals surface area contributed by atoms with Crippen molar-refractivity contribution < 1.29 is 4.74 Å². The standard InChI is InChI=1S/C23H24N6O2/c24-13-15-6-8-18(9-7-15)29-14-17-12-20(27-22(17)28-23(29)30)16-3-1-4-19(11-16)31-10-2-5-21(25)26/h1,3-4,6-9,11-12,14H,2,5,10,13,24H2,(H3,25,26)(H,27,28,30). The van der Waals surface area contributed by atoms with Crippen LogP contribution in [0, 0.1) is 5.41 Å². The van der Waals surface area contributed by atoms with Crippen molar-refractivity contribution in [3.05, 3.63) is 76.8 Å². The van der Waals surface area contributed by atoms with Gasteiger partial charge in [-0.25, -0.2) is 4.79 Å². The molecule has 0 unspecified atom stereocenters. The Morgan fingerprint density at radius 2 is 1.97 bits per heavy atom. The molecular weight excluding hydrogens is 392 g/mol. The van der Waals surface area contributed by atoms with Crippen molar-refractivity contribution >= 4 is 16.9 Å². The molecule has 158 valence electrons. The number of nitrogens with zero attached hydrogens (tertiary/aromatic N) is 2. The Morgan fingerprint density at radius 3 is 2.71 bits per heavy atom. The fourth-order valence-electron chi connectivity index (χ4n) is 3.33. The smallest absolute Gasteiger partial charge is 0.354 e. The van der Waals surface area contributed by atoms with Gasteiger partial charge in [0.15, 0.2) is 0 Å². The number of aromatic amines is 1. The van der Waals surface area contributed by atoms with Gasteiger partial charge in [-0.15, -0.1) is 0 Å². The van der Waals surface area contributed by atoms with Crippen LogP contribution < -0.4 is 21.9 Å². The number of amidine groups is 1. The van der Waals surface area contributed by atoms with Gasteiger partial charge >= 0.3 is 5.69 Å². The zero-order chi connectivity index (χ0) is 21.8. The third-order valence-corrected chi connectivity index (χ3v) is 4.96. The van der Waals surface area contributed by atoms with Crippen LogP contribution in [0.1, 0.15) is 18.4 Å². The van der Waals surface area contributed by atoms with Crippen LogP contribution in [-0.2, 0) is 6.54 Å². The molecule has 2 aromatic heterocycles. The van der Waals surface area contributed by atoms with E-state index in [1.807, 2.05) is 54.6 Å². The fraction of sp³-hybridized carbons (Fsp3) is 0.174. The number of H-pyrrole nitrogens is 1. The Hall–Kier alpha value is -3.91. The van der Waals surface area contributed by atoms with Crippen molar-refractivity contribution in [3.63, 3.8) is 0 Å². The number of hydrogen-bond acceptors (Lipinski definition) is 5. The molecule has 2 heterocycles. The number of fused-ring (bicyclic) bond motifs is 1. The van der Waals surface area contributed by atoms with Crippen LogP contribution in [0.4, 0.5) is 0 Å². The second kappa shape index (κ2) is 8.85. The first kappa shape index (κ1) is 20.4. The maximum atomic E-state index is 12.5. The number of ether oxygens (including phenoxy) is 1. The molecule has 0 bridgehead atoms. The van der Waals surface area contributed by atoms with E-state index in [9.17, 15) is 4.79 Å². The summed E-state index contributed by atoms with van der Waals surface area (Å²) in [5.74, 6) is 0.889. The molecule has 0 amide bonds. The zero-order valence-electron chi connectivity index (χ0n) is 17.0. The van der Waals surface area contributed by atoms with E-state index < -0.39 is 0 Å². The van der Waals surface area contributed by atoms with Crippen LogP contribution in [0.25, 0.3) is 28.0 Å². The van der Waals surface area contributed by atoms with Gasteiger partial charge < -0.3 is 21.2 Å². The first-order chi connectivity index (χ1) is 15.0. The summed E-state index contributed by atoms with van der Waals surface area (Å²) >= 11 is 0. The average Bonchev–Trinajstić information content (AvgIpc) is 3.19. The summed E-state index contributed by atoms with van der Waals surface area (Å²) in [4.78, 5) is 20.0. The normalized spacial score (nSPS) is 11.0. The molecule has 8 heteroatoms. The van der Waals surface area contributed by atoms with Crippen molar-refractivity contribution in [2.75, 3.05) is 6.61 Å². The van der Waals surface area contributed by atoms with Crippen molar-refractivity contribution in [2.45, 2.75) is 19.4 Å². The van der Waals surface area contributed by atoms with Crippen LogP contribution in [0.2, 0.25) is 0 Å². The molecule has 0 spiro atoms. The predicted molar refractivity (Wildman–Crippen MR) is 122 cm³/mol. The maximum Gasteiger partial charge on any atom is 0.354 e. The third kappa shape index (κ3) is 4.65. The minimum atomic E-state index is -0.357. The molecule has 4 rings (SSSR count). The Bertz CT molecular complexity index is 1270. The van der Waals surface area contributed by atoms with E-state index in [1.165, 1.54) is 4.57 Å². The zero-order valence-corrected chi connectivity index (χ0v) is 17.0. The van der Waals surface area contributed by atoms with Gasteiger partial charge in [0.1, 0.15) is 11.4 Å². The lowest BCUT2D eigenvalue weighted by atomic mass is 10.1. The Kier molecular flexibility index (Phi) is 5.81. The molecular formula is C23H24N6O2. The summed E-state index contributed by atoms with van der Waals surface area (Å²) in [7, 11) is 0. The van der Waals surface area contributed by atoms with E-state index in [-0.39, 0.29) is 11.5 Å². The molecule has 0 saturated heterocycles. The molecule has 0 saturated carbocycles. The van der Waals surface area contributed by atoms with E-state index >= 15 is 0 Å². The van der Waals surface area contributed by atoms with Crippen molar-refractivity contribution in [3.8, 4) is 22.7 Å². The highest BCUT2D eigenvalue weighted by molar-refractivity contribution is 5.82. The third-order valence-electron chi connectivity index (χ3n) is 4.96. The highest BCUT2D eigenvalue weighted by atomic mass is 16.5. The van der Waals surface area contributed by atoms with Gasteiger partial charge in [-0.3, -0.25) is 9.98 Å². The van der Waals surface area contributed by atoms with Gasteiger partial charge in [-0.1, -0.05) is 24.3 Å². The number of benzene rings is 2. The number of hydrogen-bond donors (Lipinski definition) is 4. The van der Waals surface area contributed by atoms with Crippen LogP contribution in [0.3, 0.4) is 0 Å². The lowest BCUT2D eigenvalue weighted by molar-refractivity contribution is 0.313. The maximum absolute atomic E-state index is 12.5. The summed E-state index contributed by atoms with van der Waals surface area (Å²) in [6.45, 7) is 0.937. The second-order valence-corrected chi connectivity index (χ2v) is 7.26. The summed E-state index contributed by atoms with van der Waals surface area (Å²) in [6.07, 6.45) is 2.98. The minimum absolute atomic E-state index is 0.160. The molecule has 6 N–H and O–H groups in total. The van der Waals surface area contributed by atoms with Crippen molar-refractivity contribution in [1.29, 1.82) is 5.41 Å². The first-order valence-electron chi connectivity index (χ1n) is 10.0. The number of nitrogens with one attached hydrogen (secondary N) is 2. The summed E-state index contributed by atoms with van der Waals surface area (Å²) < 4.78 is 7.29. The summed E-state index contributed by atoms with van der Waals surface area (Å²) in [5, 5.41) is 8.09. The fourth-order valence-corrected chi connectivity index (χ4v) is 3.33. The average molecular weight is 416 g/mol. The quantitative estimate of drug-likeness (QED) is 0.199. The van der Waals surface area contributed by atoms with Gasteiger partial charge in [0.05, 0.1) is 18.1 Å². The Labute approximate surface area is 179 Å². The molecule has 2 aromatic carbocycles. The molecule has 0 aliphatic heterocycles. The monoisotopic (exact) mass is 416 g/mol. The van der Waals surface area contributed by atoms with E-state index in [0.29, 0.717) is 31.6 Å². The molecule has 0 aliphatic carbocycles. The van der Waals surface area contributed by atoms with Gasteiger partial charge in [-0.2, -0.15) is 4.98 Å². The van der Waals surface area contributed by atoms with Gasteiger partial charge in [0.25, 0.3) is 0 Å². The molecule has 0 radical (unpaired) electrons. The van der Waals surface area contributed by atoms with E-state index in [0.717, 1.165) is 33.6 Å². The highest BCUT2D eigenvalue weighted by Gasteiger charge is 2.10. The molecule has 0 fully saturated rings. The lowest BCUT2D eigenvalue weighted by Crippen LogP contribution is -2.20. The van der Waals surface area contributed by atoms with E-state index in [4.69, 9.17) is 21.6 Å². The van der Waals surface area contributed by atoms with Crippen LogP contribution >= 0.6 is 0 Å². The van der Waals surface area contributed by atoms with Gasteiger partial charge in [-0.05, 0) is 42.3 Å². The first-order valence-corrected chi connectivity index (χ1v) is 10.0. The molecule has 4 aromatic rings. The van der Waals surface area contributed by atoms with Crippen molar-refractivity contribution in [2.24, 2.45) is 11.5 Å². The molecule has 0 atom stereocenters. The SMILES string of the molecule is N=C(N)CCCOc1cccc(-c2cc3cn(-c4ccc(CN)cc4)c(=O)nc3[nH]2)c1.